The molecule has 1 fully saturated rings. The van der Waals surface area contributed by atoms with Crippen LogP contribution in [0.5, 0.6) is 0 Å². The van der Waals surface area contributed by atoms with Crippen molar-refractivity contribution in [2.24, 2.45) is 18.9 Å². The van der Waals surface area contributed by atoms with Crippen LogP contribution in [-0.4, -0.2) is 23.1 Å². The molecule has 0 spiro atoms. The van der Waals surface area contributed by atoms with Gasteiger partial charge in [0.15, 0.2) is 0 Å². The summed E-state index contributed by atoms with van der Waals surface area (Å²) in [6, 6.07) is 0. The predicted molar refractivity (Wildman–Crippen MR) is 75.6 cm³/mol. The molecule has 3 nitrogen and oxygen atoms in total. The van der Waals surface area contributed by atoms with Crippen LogP contribution in [0.15, 0.2) is 12.4 Å². The second-order valence-electron chi connectivity index (χ2n) is 5.79. The Morgan fingerprint density at radius 2 is 2.28 bits per heavy atom. The second kappa shape index (κ2) is 6.37. The monoisotopic (exact) mass is 249 g/mol. The highest BCUT2D eigenvalue weighted by atomic mass is 15.0. The maximum atomic E-state index is 4.60. The topological polar surface area (TPSA) is 29.9 Å². The minimum Gasteiger partial charge on any atom is -0.338 e. The molecule has 1 aromatic rings. The average molecular weight is 249 g/mol. The number of nitrogens with one attached hydrogen (secondary N) is 1. The summed E-state index contributed by atoms with van der Waals surface area (Å²) in [6.45, 7) is 3.42. The first-order chi connectivity index (χ1) is 8.76. The van der Waals surface area contributed by atoms with Gasteiger partial charge in [-0.25, -0.2) is 4.98 Å². The van der Waals surface area contributed by atoms with Gasteiger partial charge in [-0.1, -0.05) is 26.2 Å². The number of hydrogen-bond acceptors (Lipinski definition) is 2. The highest BCUT2D eigenvalue weighted by Crippen LogP contribution is 2.41. The zero-order chi connectivity index (χ0) is 13.0. The van der Waals surface area contributed by atoms with Gasteiger partial charge in [-0.15, -0.1) is 0 Å². The van der Waals surface area contributed by atoms with Crippen LogP contribution in [0.2, 0.25) is 0 Å². The summed E-state index contributed by atoms with van der Waals surface area (Å²) in [5, 5.41) is 3.36. The van der Waals surface area contributed by atoms with Crippen molar-refractivity contribution >= 4 is 0 Å². The summed E-state index contributed by atoms with van der Waals surface area (Å²) in [6.07, 6.45) is 10.8. The Hall–Kier alpha value is -0.830. The van der Waals surface area contributed by atoms with Crippen LogP contribution < -0.4 is 5.32 Å². The molecule has 18 heavy (non-hydrogen) atoms. The largest absolute Gasteiger partial charge is 0.338 e. The minimum atomic E-state index is 0.641. The third kappa shape index (κ3) is 2.94. The Balaban J connectivity index is 2.12. The minimum absolute atomic E-state index is 0.641. The van der Waals surface area contributed by atoms with Crippen molar-refractivity contribution in [2.45, 2.75) is 44.9 Å². The molecule has 1 aliphatic rings. The Morgan fingerprint density at radius 3 is 2.89 bits per heavy atom. The first kappa shape index (κ1) is 13.6. The van der Waals surface area contributed by atoms with Crippen LogP contribution in [0.4, 0.5) is 0 Å². The molecule has 0 radical (unpaired) electrons. The van der Waals surface area contributed by atoms with Crippen molar-refractivity contribution in [2.75, 3.05) is 13.6 Å². The fraction of sp³-hybridized carbons (Fsp3) is 0.800. The first-order valence-electron chi connectivity index (χ1n) is 7.38. The molecule has 3 heteroatoms. The fourth-order valence-electron chi connectivity index (χ4n) is 3.55. The lowest BCUT2D eigenvalue weighted by atomic mass is 9.72. The zero-order valence-corrected chi connectivity index (χ0v) is 12.0. The van der Waals surface area contributed by atoms with E-state index >= 15 is 0 Å². The Labute approximate surface area is 111 Å². The smallest absolute Gasteiger partial charge is 0.111 e. The molecule has 0 bridgehead atoms. The van der Waals surface area contributed by atoms with Gasteiger partial charge in [-0.2, -0.15) is 0 Å². The summed E-state index contributed by atoms with van der Waals surface area (Å²) in [4.78, 5) is 4.60. The van der Waals surface area contributed by atoms with Gasteiger partial charge in [0.05, 0.1) is 0 Å². The normalized spacial score (nSPS) is 28.5. The molecule has 2 rings (SSSR count). The number of nitrogens with zero attached hydrogens (tertiary/aromatic N) is 2. The third-order valence-corrected chi connectivity index (χ3v) is 4.46. The van der Waals surface area contributed by atoms with Crippen LogP contribution in [0.1, 0.15) is 50.8 Å². The molecule has 0 aliphatic heterocycles. The lowest BCUT2D eigenvalue weighted by molar-refractivity contribution is 0.214. The lowest BCUT2D eigenvalue weighted by Gasteiger charge is -2.35. The summed E-state index contributed by atoms with van der Waals surface area (Å²) in [5.74, 6) is 3.59. The molecular formula is C15H27N3. The van der Waals surface area contributed by atoms with Crippen LogP contribution in [-0.2, 0) is 7.05 Å². The van der Waals surface area contributed by atoms with Gasteiger partial charge in [0.25, 0.3) is 0 Å². The molecule has 3 atom stereocenters. The number of aryl methyl sites for hydroxylation is 1. The Kier molecular flexibility index (Phi) is 4.81. The van der Waals surface area contributed by atoms with Crippen molar-refractivity contribution in [3.63, 3.8) is 0 Å². The summed E-state index contributed by atoms with van der Waals surface area (Å²) in [7, 11) is 4.19. The number of rotatable bonds is 5. The zero-order valence-electron chi connectivity index (χ0n) is 12.0. The van der Waals surface area contributed by atoms with Crippen molar-refractivity contribution in [3.05, 3.63) is 18.2 Å². The molecule has 1 aromatic heterocycles. The van der Waals surface area contributed by atoms with E-state index in [-0.39, 0.29) is 0 Å². The van der Waals surface area contributed by atoms with E-state index in [4.69, 9.17) is 0 Å². The van der Waals surface area contributed by atoms with Gasteiger partial charge in [-0.05, 0) is 38.3 Å². The molecular weight excluding hydrogens is 222 g/mol. The quantitative estimate of drug-likeness (QED) is 0.869. The average Bonchev–Trinajstić information content (AvgIpc) is 2.78. The van der Waals surface area contributed by atoms with Crippen LogP contribution >= 0.6 is 0 Å². The van der Waals surface area contributed by atoms with Crippen molar-refractivity contribution in [1.82, 2.24) is 14.9 Å². The highest BCUT2D eigenvalue weighted by Gasteiger charge is 2.32. The molecule has 1 saturated carbocycles. The van der Waals surface area contributed by atoms with Crippen molar-refractivity contribution in [3.8, 4) is 0 Å². The molecule has 102 valence electrons. The fourth-order valence-corrected chi connectivity index (χ4v) is 3.55. The maximum Gasteiger partial charge on any atom is 0.111 e. The van der Waals surface area contributed by atoms with Gasteiger partial charge in [0, 0.05) is 25.4 Å². The second-order valence-corrected chi connectivity index (χ2v) is 5.79. The van der Waals surface area contributed by atoms with Gasteiger partial charge < -0.3 is 9.88 Å². The SMILES string of the molecule is CCCC1CCC(CNC)C(c2nccn2C)C1. The van der Waals surface area contributed by atoms with E-state index < -0.39 is 0 Å². The maximum absolute atomic E-state index is 4.60. The van der Waals surface area contributed by atoms with E-state index in [9.17, 15) is 0 Å². The third-order valence-electron chi connectivity index (χ3n) is 4.46. The summed E-state index contributed by atoms with van der Waals surface area (Å²) < 4.78 is 2.21. The van der Waals surface area contributed by atoms with Crippen LogP contribution in [0, 0.1) is 11.8 Å². The highest BCUT2D eigenvalue weighted by molar-refractivity contribution is 5.05. The van der Waals surface area contributed by atoms with E-state index in [1.165, 1.54) is 37.9 Å². The van der Waals surface area contributed by atoms with Gasteiger partial charge >= 0.3 is 0 Å². The van der Waals surface area contributed by atoms with E-state index in [1.807, 2.05) is 6.20 Å². The van der Waals surface area contributed by atoms with E-state index in [1.54, 1.807) is 0 Å². The predicted octanol–water partition coefficient (Wildman–Crippen LogP) is 2.94. The van der Waals surface area contributed by atoms with Crippen LogP contribution in [0.25, 0.3) is 0 Å². The molecule has 0 amide bonds. The molecule has 3 unspecified atom stereocenters. The Bertz CT molecular complexity index is 358. The van der Waals surface area contributed by atoms with Crippen molar-refractivity contribution in [1.29, 1.82) is 0 Å². The van der Waals surface area contributed by atoms with E-state index in [0.29, 0.717) is 5.92 Å². The van der Waals surface area contributed by atoms with Crippen LogP contribution in [0.3, 0.4) is 0 Å². The molecule has 0 aromatic carbocycles. The summed E-state index contributed by atoms with van der Waals surface area (Å²) in [5.41, 5.74) is 0. The van der Waals surface area contributed by atoms with Crippen molar-refractivity contribution < 1.29 is 0 Å². The number of imidazole rings is 1. The summed E-state index contributed by atoms with van der Waals surface area (Å²) >= 11 is 0. The number of hydrogen-bond donors (Lipinski definition) is 1. The lowest BCUT2D eigenvalue weighted by Crippen LogP contribution is -2.32. The molecule has 1 N–H and O–H groups in total. The van der Waals surface area contributed by atoms with E-state index in [2.05, 4.69) is 42.1 Å². The molecule has 1 heterocycles. The van der Waals surface area contributed by atoms with Gasteiger partial charge in [0.2, 0.25) is 0 Å². The van der Waals surface area contributed by atoms with Gasteiger partial charge in [-0.3, -0.25) is 0 Å². The van der Waals surface area contributed by atoms with E-state index in [0.717, 1.165) is 18.4 Å². The standard InChI is InChI=1S/C15H27N3/c1-4-5-12-6-7-13(11-16-2)14(10-12)15-17-8-9-18(15)3/h8-9,12-14,16H,4-7,10-11H2,1-3H3. The molecule has 1 aliphatic carbocycles. The number of aromatic nitrogens is 2. The van der Waals surface area contributed by atoms with Gasteiger partial charge in [0.1, 0.15) is 5.82 Å². The first-order valence-corrected chi connectivity index (χ1v) is 7.38. The molecule has 0 saturated heterocycles. The Morgan fingerprint density at radius 1 is 1.44 bits per heavy atom.